The fourth-order valence-corrected chi connectivity index (χ4v) is 2.41. The van der Waals surface area contributed by atoms with Gasteiger partial charge in [-0.2, -0.15) is 0 Å². The zero-order valence-electron chi connectivity index (χ0n) is 8.83. The third-order valence-corrected chi connectivity index (χ3v) is 3.34. The van der Waals surface area contributed by atoms with Crippen molar-refractivity contribution in [2.75, 3.05) is 0 Å². The first-order chi connectivity index (χ1) is 8.34. The van der Waals surface area contributed by atoms with Crippen LogP contribution in [-0.4, -0.2) is 15.8 Å². The van der Waals surface area contributed by atoms with E-state index in [9.17, 15) is 4.79 Å². The third kappa shape index (κ3) is 1.83. The molecule has 0 spiro atoms. The van der Waals surface area contributed by atoms with Gasteiger partial charge in [0.2, 0.25) is 0 Å². The van der Waals surface area contributed by atoms with Gasteiger partial charge in [-0.25, -0.2) is 0 Å². The molecule has 3 rings (SSSR count). The molecule has 82 valence electrons. The number of nitrogens with zero attached hydrogens (tertiary/aromatic N) is 2. The van der Waals surface area contributed by atoms with Crippen molar-refractivity contribution in [1.82, 2.24) is 9.97 Å². The van der Waals surface area contributed by atoms with Crippen LogP contribution < -0.4 is 0 Å². The quantitative estimate of drug-likeness (QED) is 0.647. The van der Waals surface area contributed by atoms with E-state index >= 15 is 0 Å². The molecule has 3 aromatic heterocycles. The summed E-state index contributed by atoms with van der Waals surface area (Å²) < 4.78 is 1.03. The summed E-state index contributed by atoms with van der Waals surface area (Å²) in [4.78, 5) is 20.3. The Morgan fingerprint density at radius 2 is 2.12 bits per heavy atom. The first-order valence-electron chi connectivity index (χ1n) is 5.12. The zero-order chi connectivity index (χ0) is 11.7. The highest BCUT2D eigenvalue weighted by Gasteiger charge is 2.10. The highest BCUT2D eigenvalue weighted by atomic mass is 32.1. The van der Waals surface area contributed by atoms with Crippen molar-refractivity contribution in [1.29, 1.82) is 0 Å². The molecule has 3 nitrogen and oxygen atoms in total. The number of carbonyl (C=O) groups excluding carboxylic acids is 1. The fraction of sp³-hybridized carbons (Fsp3) is 0. The second kappa shape index (κ2) is 4.07. The fourth-order valence-electron chi connectivity index (χ4n) is 1.63. The van der Waals surface area contributed by atoms with Gasteiger partial charge in [-0.3, -0.25) is 14.8 Å². The summed E-state index contributed by atoms with van der Waals surface area (Å²) in [6, 6.07) is 7.33. The minimum absolute atomic E-state index is 0.0408. The summed E-state index contributed by atoms with van der Waals surface area (Å²) in [6.45, 7) is 0. The maximum absolute atomic E-state index is 12.1. The van der Waals surface area contributed by atoms with Crippen molar-refractivity contribution < 1.29 is 4.79 Å². The highest BCUT2D eigenvalue weighted by molar-refractivity contribution is 7.17. The molecule has 3 aromatic rings. The van der Waals surface area contributed by atoms with Crippen LogP contribution in [0.3, 0.4) is 0 Å². The lowest BCUT2D eigenvalue weighted by atomic mass is 10.1. The average molecular weight is 240 g/mol. The number of fused-ring (bicyclic) bond motifs is 1. The molecule has 0 aromatic carbocycles. The Hall–Kier alpha value is -2.07. The second-order valence-corrected chi connectivity index (χ2v) is 4.55. The predicted molar refractivity (Wildman–Crippen MR) is 67.3 cm³/mol. The monoisotopic (exact) mass is 240 g/mol. The molecule has 0 unspecified atom stereocenters. The lowest BCUT2D eigenvalue weighted by molar-refractivity contribution is 0.103. The first-order valence-corrected chi connectivity index (χ1v) is 6.00. The van der Waals surface area contributed by atoms with Gasteiger partial charge < -0.3 is 0 Å². The maximum atomic E-state index is 12.1. The lowest BCUT2D eigenvalue weighted by Gasteiger charge is -1.99. The zero-order valence-corrected chi connectivity index (χ0v) is 9.65. The van der Waals surface area contributed by atoms with Crippen LogP contribution in [0.5, 0.6) is 0 Å². The molecule has 0 aliphatic heterocycles. The molecule has 0 saturated heterocycles. The SMILES string of the molecule is O=C(c1cccnc1)c1cnc2ccsc2c1. The Bertz CT molecular complexity index is 676. The molecule has 0 saturated carbocycles. The molecule has 0 radical (unpaired) electrons. The molecule has 0 aliphatic rings. The average Bonchev–Trinajstić information content (AvgIpc) is 2.86. The summed E-state index contributed by atoms with van der Waals surface area (Å²) in [6.07, 6.45) is 4.84. The van der Waals surface area contributed by atoms with Gasteiger partial charge in [-0.15, -0.1) is 11.3 Å². The van der Waals surface area contributed by atoms with E-state index in [1.807, 2.05) is 17.5 Å². The number of pyridine rings is 2. The van der Waals surface area contributed by atoms with Crippen LogP contribution >= 0.6 is 11.3 Å². The van der Waals surface area contributed by atoms with Crippen molar-refractivity contribution in [3.63, 3.8) is 0 Å². The molecule has 0 bridgehead atoms. The number of thiophene rings is 1. The summed E-state index contributed by atoms with van der Waals surface area (Å²) in [5, 5.41) is 1.97. The molecule has 3 heterocycles. The van der Waals surface area contributed by atoms with Crippen molar-refractivity contribution in [3.8, 4) is 0 Å². The minimum Gasteiger partial charge on any atom is -0.288 e. The van der Waals surface area contributed by atoms with Crippen LogP contribution in [0.1, 0.15) is 15.9 Å². The van der Waals surface area contributed by atoms with Gasteiger partial charge >= 0.3 is 0 Å². The summed E-state index contributed by atoms with van der Waals surface area (Å²) in [5.74, 6) is -0.0408. The molecular weight excluding hydrogens is 232 g/mol. The smallest absolute Gasteiger partial charge is 0.196 e. The normalized spacial score (nSPS) is 10.6. The summed E-state index contributed by atoms with van der Waals surface area (Å²) in [5.41, 5.74) is 2.12. The predicted octanol–water partition coefficient (Wildman–Crippen LogP) is 2.92. The van der Waals surface area contributed by atoms with Crippen molar-refractivity contribution in [3.05, 3.63) is 59.4 Å². The van der Waals surface area contributed by atoms with Gasteiger partial charge in [0.05, 0.1) is 10.2 Å². The van der Waals surface area contributed by atoms with Crippen LogP contribution in [-0.2, 0) is 0 Å². The number of hydrogen-bond acceptors (Lipinski definition) is 4. The Morgan fingerprint density at radius 1 is 1.18 bits per heavy atom. The van der Waals surface area contributed by atoms with Gasteiger partial charge in [-0.1, -0.05) is 0 Å². The van der Waals surface area contributed by atoms with Crippen molar-refractivity contribution in [2.45, 2.75) is 0 Å². The number of rotatable bonds is 2. The van der Waals surface area contributed by atoms with Crippen LogP contribution in [0.25, 0.3) is 10.2 Å². The lowest BCUT2D eigenvalue weighted by Crippen LogP contribution is -2.01. The minimum atomic E-state index is -0.0408. The first kappa shape index (κ1) is 10.1. The van der Waals surface area contributed by atoms with E-state index in [2.05, 4.69) is 9.97 Å². The summed E-state index contributed by atoms with van der Waals surface area (Å²) >= 11 is 1.58. The van der Waals surface area contributed by atoms with Crippen molar-refractivity contribution in [2.24, 2.45) is 0 Å². The third-order valence-electron chi connectivity index (χ3n) is 2.49. The molecule has 0 amide bonds. The molecule has 0 N–H and O–H groups in total. The maximum Gasteiger partial charge on any atom is 0.196 e. The second-order valence-electron chi connectivity index (χ2n) is 3.60. The van der Waals surface area contributed by atoms with E-state index in [4.69, 9.17) is 0 Å². The van der Waals surface area contributed by atoms with Crippen LogP contribution in [0.15, 0.2) is 48.2 Å². The number of aromatic nitrogens is 2. The van der Waals surface area contributed by atoms with E-state index in [1.54, 1.807) is 42.1 Å². The van der Waals surface area contributed by atoms with Gasteiger partial charge in [-0.05, 0) is 29.6 Å². The van der Waals surface area contributed by atoms with E-state index < -0.39 is 0 Å². The molecule has 4 heteroatoms. The van der Waals surface area contributed by atoms with Gasteiger partial charge in [0.1, 0.15) is 0 Å². The topological polar surface area (TPSA) is 42.9 Å². The molecule has 17 heavy (non-hydrogen) atoms. The Labute approximate surface area is 102 Å². The van der Waals surface area contributed by atoms with E-state index in [0.717, 1.165) is 10.2 Å². The Morgan fingerprint density at radius 3 is 2.94 bits per heavy atom. The summed E-state index contributed by atoms with van der Waals surface area (Å²) in [7, 11) is 0. The largest absolute Gasteiger partial charge is 0.288 e. The van der Waals surface area contributed by atoms with E-state index in [-0.39, 0.29) is 5.78 Å². The van der Waals surface area contributed by atoms with Crippen LogP contribution in [0.4, 0.5) is 0 Å². The standard InChI is InChI=1S/C13H8N2OS/c16-13(9-2-1-4-14-7-9)10-6-12-11(15-8-10)3-5-17-12/h1-8H. The molecule has 0 atom stereocenters. The van der Waals surface area contributed by atoms with Gasteiger partial charge in [0, 0.05) is 29.7 Å². The molecule has 0 fully saturated rings. The Balaban J connectivity index is 2.06. The number of hydrogen-bond donors (Lipinski definition) is 0. The molecular formula is C13H8N2OS. The number of carbonyl (C=O) groups is 1. The van der Waals surface area contributed by atoms with E-state index in [0.29, 0.717) is 11.1 Å². The number of ketones is 1. The van der Waals surface area contributed by atoms with Gasteiger partial charge in [0.15, 0.2) is 5.78 Å². The van der Waals surface area contributed by atoms with Crippen LogP contribution in [0, 0.1) is 0 Å². The van der Waals surface area contributed by atoms with Gasteiger partial charge in [0.25, 0.3) is 0 Å². The Kier molecular flexibility index (Phi) is 2.42. The van der Waals surface area contributed by atoms with Crippen LogP contribution in [0.2, 0.25) is 0 Å². The van der Waals surface area contributed by atoms with Crippen molar-refractivity contribution >= 4 is 27.3 Å². The van der Waals surface area contributed by atoms with E-state index in [1.165, 1.54) is 0 Å². The molecule has 0 aliphatic carbocycles. The highest BCUT2D eigenvalue weighted by Crippen LogP contribution is 2.20.